The summed E-state index contributed by atoms with van der Waals surface area (Å²) in [6, 6.07) is 11.2. The van der Waals surface area contributed by atoms with Gasteiger partial charge in [-0.2, -0.15) is 0 Å². The highest BCUT2D eigenvalue weighted by Gasteiger charge is 2.21. The Bertz CT molecular complexity index is 1120. The number of nitrogens with zero attached hydrogens (tertiary/aromatic N) is 1. The zero-order chi connectivity index (χ0) is 23.1. The summed E-state index contributed by atoms with van der Waals surface area (Å²) in [4.78, 5) is 16.7. The van der Waals surface area contributed by atoms with Gasteiger partial charge in [-0.15, -0.1) is 10.7 Å². The molecule has 0 aliphatic heterocycles. The van der Waals surface area contributed by atoms with Gasteiger partial charge < -0.3 is 15.4 Å². The standard InChI is InChI=1S/C23H23F3N4OS/c1-3-13-32(4-2)30-19-11-10-18(25)21(22(19)26)23(31)29-17-9-12-20(27-14-17)28-16-7-5-15(24)6-8-16/h4-12,14,30H,3,13H2,1-2H3,(H,27,28)(H,29,31). The van der Waals surface area contributed by atoms with Crippen LogP contribution in [-0.4, -0.2) is 22.0 Å². The second-order valence-electron chi connectivity index (χ2n) is 6.77. The number of anilines is 4. The van der Waals surface area contributed by atoms with Gasteiger partial charge in [0.25, 0.3) is 5.91 Å². The molecular weight excluding hydrogens is 437 g/mol. The number of amides is 1. The van der Waals surface area contributed by atoms with Gasteiger partial charge in [0.1, 0.15) is 23.0 Å². The van der Waals surface area contributed by atoms with Crippen molar-refractivity contribution in [2.24, 2.45) is 0 Å². The summed E-state index contributed by atoms with van der Waals surface area (Å²) >= 11 is 0. The molecule has 0 saturated carbocycles. The van der Waals surface area contributed by atoms with E-state index >= 15 is 0 Å². The molecule has 3 N–H and O–H groups in total. The molecule has 5 nitrogen and oxygen atoms in total. The molecule has 0 aliphatic rings. The van der Waals surface area contributed by atoms with Crippen LogP contribution in [0.25, 0.3) is 0 Å². The first kappa shape index (κ1) is 23.3. The zero-order valence-electron chi connectivity index (χ0n) is 17.6. The average Bonchev–Trinajstić information content (AvgIpc) is 2.78. The van der Waals surface area contributed by atoms with Crippen molar-refractivity contribution in [1.29, 1.82) is 0 Å². The third-order valence-corrected chi connectivity index (χ3v) is 6.30. The molecule has 0 fully saturated rings. The molecule has 2 aromatic carbocycles. The van der Waals surface area contributed by atoms with Gasteiger partial charge >= 0.3 is 0 Å². The first-order valence-electron chi connectivity index (χ1n) is 9.95. The summed E-state index contributed by atoms with van der Waals surface area (Å²) in [5.41, 5.74) is 0.308. The maximum absolute atomic E-state index is 14.9. The maximum Gasteiger partial charge on any atom is 0.261 e. The maximum atomic E-state index is 14.9. The Morgan fingerprint density at radius 2 is 1.75 bits per heavy atom. The van der Waals surface area contributed by atoms with Gasteiger partial charge in [0.2, 0.25) is 0 Å². The minimum atomic E-state index is -0.955. The number of hydrogen-bond donors (Lipinski definition) is 3. The van der Waals surface area contributed by atoms with Gasteiger partial charge in [0, 0.05) is 11.4 Å². The molecular formula is C23H23F3N4OS. The van der Waals surface area contributed by atoms with Crippen LogP contribution in [0.1, 0.15) is 30.6 Å². The number of pyridine rings is 1. The predicted octanol–water partition coefficient (Wildman–Crippen LogP) is 6.32. The minimum absolute atomic E-state index is 0.0726. The van der Waals surface area contributed by atoms with Crippen molar-refractivity contribution in [1.82, 2.24) is 4.98 Å². The minimum Gasteiger partial charge on any atom is -0.340 e. The summed E-state index contributed by atoms with van der Waals surface area (Å²) in [6.45, 7) is 3.88. The van der Waals surface area contributed by atoms with Crippen LogP contribution in [0.5, 0.6) is 0 Å². The van der Waals surface area contributed by atoms with Crippen LogP contribution in [0.3, 0.4) is 0 Å². The van der Waals surface area contributed by atoms with E-state index in [-0.39, 0.29) is 27.9 Å². The molecule has 1 atom stereocenters. The van der Waals surface area contributed by atoms with Gasteiger partial charge in [0.05, 0.1) is 17.6 Å². The van der Waals surface area contributed by atoms with Crippen LogP contribution < -0.4 is 15.4 Å². The molecule has 0 radical (unpaired) electrons. The Morgan fingerprint density at radius 1 is 1.03 bits per heavy atom. The number of halogens is 3. The van der Waals surface area contributed by atoms with E-state index in [1.54, 1.807) is 24.3 Å². The molecule has 1 heterocycles. The van der Waals surface area contributed by atoms with E-state index in [4.69, 9.17) is 0 Å². The molecule has 1 aromatic heterocycles. The number of aromatic nitrogens is 1. The van der Waals surface area contributed by atoms with Crippen molar-refractivity contribution in [3.8, 4) is 0 Å². The van der Waals surface area contributed by atoms with Gasteiger partial charge in [0.15, 0.2) is 5.82 Å². The van der Waals surface area contributed by atoms with Crippen molar-refractivity contribution in [2.45, 2.75) is 20.3 Å². The van der Waals surface area contributed by atoms with E-state index in [0.29, 0.717) is 11.5 Å². The Labute approximate surface area is 187 Å². The number of benzene rings is 2. The average molecular weight is 461 g/mol. The quantitative estimate of drug-likeness (QED) is 0.344. The van der Waals surface area contributed by atoms with Crippen molar-refractivity contribution in [3.63, 3.8) is 0 Å². The van der Waals surface area contributed by atoms with Crippen LogP contribution in [0.2, 0.25) is 0 Å². The van der Waals surface area contributed by atoms with Crippen LogP contribution in [0.4, 0.5) is 36.1 Å². The Morgan fingerprint density at radius 3 is 2.38 bits per heavy atom. The normalized spacial score (nSPS) is 11.8. The highest BCUT2D eigenvalue weighted by molar-refractivity contribution is 8.16. The fourth-order valence-corrected chi connectivity index (χ4v) is 4.18. The van der Waals surface area contributed by atoms with E-state index in [0.717, 1.165) is 18.2 Å². The molecule has 168 valence electrons. The van der Waals surface area contributed by atoms with Gasteiger partial charge in [-0.25, -0.2) is 18.2 Å². The Balaban J connectivity index is 1.73. The molecule has 1 unspecified atom stereocenters. The first-order valence-corrected chi connectivity index (χ1v) is 11.4. The molecule has 9 heteroatoms. The predicted molar refractivity (Wildman–Crippen MR) is 126 cm³/mol. The van der Waals surface area contributed by atoms with E-state index in [1.807, 2.05) is 19.2 Å². The summed E-state index contributed by atoms with van der Waals surface area (Å²) in [6.07, 6.45) is 2.25. The van der Waals surface area contributed by atoms with E-state index in [1.165, 1.54) is 24.4 Å². The lowest BCUT2D eigenvalue weighted by atomic mass is 10.1. The molecule has 0 spiro atoms. The third kappa shape index (κ3) is 5.88. The highest BCUT2D eigenvalue weighted by atomic mass is 32.2. The van der Waals surface area contributed by atoms with Gasteiger partial charge in [-0.05, 0) is 67.2 Å². The van der Waals surface area contributed by atoms with Crippen LogP contribution in [0.15, 0.2) is 54.7 Å². The highest BCUT2D eigenvalue weighted by Crippen LogP contribution is 2.27. The fraction of sp³-hybridized carbons (Fsp3) is 0.174. The first-order chi connectivity index (χ1) is 15.4. The Hall–Kier alpha value is -3.33. The number of carbonyl (C=O) groups is 1. The second kappa shape index (κ2) is 10.8. The van der Waals surface area contributed by atoms with Crippen molar-refractivity contribution in [2.75, 3.05) is 21.1 Å². The topological polar surface area (TPSA) is 66.1 Å². The van der Waals surface area contributed by atoms with Crippen molar-refractivity contribution in [3.05, 3.63) is 77.7 Å². The third-order valence-electron chi connectivity index (χ3n) is 4.41. The van der Waals surface area contributed by atoms with E-state index in [2.05, 4.69) is 20.3 Å². The van der Waals surface area contributed by atoms with E-state index in [9.17, 15) is 18.0 Å². The van der Waals surface area contributed by atoms with Crippen LogP contribution >= 0.6 is 10.7 Å². The zero-order valence-corrected chi connectivity index (χ0v) is 18.4. The van der Waals surface area contributed by atoms with Crippen molar-refractivity contribution >= 4 is 44.8 Å². The van der Waals surface area contributed by atoms with Gasteiger partial charge in [-0.1, -0.05) is 6.92 Å². The lowest BCUT2D eigenvalue weighted by Crippen LogP contribution is -2.17. The number of hydrogen-bond acceptors (Lipinski definition) is 4. The second-order valence-corrected chi connectivity index (χ2v) is 8.71. The monoisotopic (exact) mass is 460 g/mol. The van der Waals surface area contributed by atoms with Crippen LogP contribution in [-0.2, 0) is 0 Å². The lowest BCUT2D eigenvalue weighted by Gasteiger charge is -2.15. The summed E-state index contributed by atoms with van der Waals surface area (Å²) < 4.78 is 45.3. The number of nitrogens with one attached hydrogen (secondary N) is 3. The number of rotatable bonds is 8. The SMILES string of the molecule is C/C=S(\CCC)Nc1ccc(F)c(C(=O)Nc2ccc(Nc3ccc(F)cc3)nc2)c1F. The molecule has 3 rings (SSSR count). The molecule has 0 bridgehead atoms. The molecule has 0 aliphatic carbocycles. The smallest absolute Gasteiger partial charge is 0.261 e. The Kier molecular flexibility index (Phi) is 7.88. The fourth-order valence-electron chi connectivity index (χ4n) is 2.84. The van der Waals surface area contributed by atoms with E-state index < -0.39 is 23.1 Å². The molecule has 32 heavy (non-hydrogen) atoms. The number of carbonyl (C=O) groups excluding carboxylic acids is 1. The molecule has 3 aromatic rings. The van der Waals surface area contributed by atoms with Crippen molar-refractivity contribution < 1.29 is 18.0 Å². The summed E-state index contributed by atoms with van der Waals surface area (Å²) in [7, 11) is -0.387. The summed E-state index contributed by atoms with van der Waals surface area (Å²) in [5, 5.41) is 7.36. The largest absolute Gasteiger partial charge is 0.340 e. The summed E-state index contributed by atoms with van der Waals surface area (Å²) in [5.74, 6) is -1.91. The lowest BCUT2D eigenvalue weighted by molar-refractivity contribution is 0.101. The van der Waals surface area contributed by atoms with Gasteiger partial charge in [-0.3, -0.25) is 4.79 Å². The molecule has 1 amide bonds. The van der Waals surface area contributed by atoms with Crippen LogP contribution in [0, 0.1) is 17.5 Å². The molecule has 0 saturated heterocycles.